The number of nitrogens with zero attached hydrogens (tertiary/aromatic N) is 3. The largest absolute Gasteiger partial charge is 0.477 e. The van der Waals surface area contributed by atoms with Crippen molar-refractivity contribution in [3.8, 4) is 11.6 Å². The zero-order valence-corrected chi connectivity index (χ0v) is 10.4. The summed E-state index contributed by atoms with van der Waals surface area (Å²) in [6, 6.07) is 2.27. The van der Waals surface area contributed by atoms with Crippen molar-refractivity contribution in [1.82, 2.24) is 9.97 Å². The maximum absolute atomic E-state index is 11.1. The lowest BCUT2D eigenvalue weighted by atomic mass is 10.2. The predicted molar refractivity (Wildman–Crippen MR) is 67.2 cm³/mol. The summed E-state index contributed by atoms with van der Waals surface area (Å²) < 4.78 is 5.22. The summed E-state index contributed by atoms with van der Waals surface area (Å²) in [4.78, 5) is 28.3. The first-order chi connectivity index (χ1) is 9.47. The molecule has 2 aromatic heterocycles. The molecule has 0 radical (unpaired) electrons. The van der Waals surface area contributed by atoms with E-state index < -0.39 is 22.1 Å². The standard InChI is InChI=1S/C11H6ClN3O5/c12-6-1-8(5-13-3-6)20-10-9(11(16)17)2-7(4-14-10)15(18)19/h1-5H,(H,16,17). The third-order valence-electron chi connectivity index (χ3n) is 2.17. The maximum Gasteiger partial charge on any atom is 0.341 e. The minimum Gasteiger partial charge on any atom is -0.477 e. The molecule has 9 heteroatoms. The van der Waals surface area contributed by atoms with Crippen LogP contribution in [0.25, 0.3) is 0 Å². The van der Waals surface area contributed by atoms with E-state index in [1.54, 1.807) is 0 Å². The predicted octanol–water partition coefficient (Wildman–Crippen LogP) is 2.53. The Morgan fingerprint density at radius 2 is 2.10 bits per heavy atom. The van der Waals surface area contributed by atoms with Crippen LogP contribution in [0, 0.1) is 10.1 Å². The summed E-state index contributed by atoms with van der Waals surface area (Å²) >= 11 is 5.71. The van der Waals surface area contributed by atoms with Gasteiger partial charge in [0.1, 0.15) is 17.5 Å². The van der Waals surface area contributed by atoms with Crippen molar-refractivity contribution in [2.75, 3.05) is 0 Å². The van der Waals surface area contributed by atoms with E-state index in [0.29, 0.717) is 5.02 Å². The SMILES string of the molecule is O=C(O)c1cc([N+](=O)[O-])cnc1Oc1cncc(Cl)c1. The molecule has 102 valence electrons. The number of carboxylic acid groups (broad SMARTS) is 1. The number of aromatic carboxylic acids is 1. The first-order valence-electron chi connectivity index (χ1n) is 5.13. The first-order valence-corrected chi connectivity index (χ1v) is 5.51. The van der Waals surface area contributed by atoms with Crippen LogP contribution in [-0.2, 0) is 0 Å². The molecule has 0 bridgehead atoms. The molecule has 2 rings (SSSR count). The Morgan fingerprint density at radius 3 is 2.70 bits per heavy atom. The summed E-state index contributed by atoms with van der Waals surface area (Å²) in [6.45, 7) is 0. The molecule has 0 unspecified atom stereocenters. The third-order valence-corrected chi connectivity index (χ3v) is 2.38. The maximum atomic E-state index is 11.1. The fourth-order valence-corrected chi connectivity index (χ4v) is 1.50. The van der Waals surface area contributed by atoms with Gasteiger partial charge in [-0.15, -0.1) is 0 Å². The van der Waals surface area contributed by atoms with Gasteiger partial charge in [0.05, 0.1) is 16.1 Å². The second-order valence-corrected chi connectivity index (χ2v) is 3.99. The van der Waals surface area contributed by atoms with Crippen LogP contribution in [0.3, 0.4) is 0 Å². The van der Waals surface area contributed by atoms with Gasteiger partial charge in [-0.05, 0) is 0 Å². The molecule has 0 aliphatic rings. The summed E-state index contributed by atoms with van der Waals surface area (Å²) in [5, 5.41) is 19.9. The number of halogens is 1. The smallest absolute Gasteiger partial charge is 0.341 e. The average molecular weight is 296 g/mol. The fourth-order valence-electron chi connectivity index (χ4n) is 1.34. The minimum absolute atomic E-state index is 0.168. The molecule has 2 aromatic rings. The van der Waals surface area contributed by atoms with E-state index >= 15 is 0 Å². The Morgan fingerprint density at radius 1 is 1.35 bits per heavy atom. The van der Waals surface area contributed by atoms with Crippen molar-refractivity contribution in [3.05, 3.63) is 51.4 Å². The van der Waals surface area contributed by atoms with E-state index in [2.05, 4.69) is 9.97 Å². The van der Waals surface area contributed by atoms with Gasteiger partial charge in [-0.2, -0.15) is 0 Å². The highest BCUT2D eigenvalue weighted by atomic mass is 35.5. The monoisotopic (exact) mass is 295 g/mol. The number of carboxylic acids is 1. The summed E-state index contributed by atoms with van der Waals surface area (Å²) in [6.07, 6.45) is 3.58. The van der Waals surface area contributed by atoms with E-state index in [0.717, 1.165) is 12.3 Å². The molecule has 1 N–H and O–H groups in total. The van der Waals surface area contributed by atoms with Crippen LogP contribution >= 0.6 is 11.6 Å². The topological polar surface area (TPSA) is 115 Å². The van der Waals surface area contributed by atoms with Crippen LogP contribution in [0.1, 0.15) is 10.4 Å². The lowest BCUT2D eigenvalue weighted by molar-refractivity contribution is -0.385. The number of pyridine rings is 2. The molecule has 0 amide bonds. The Bertz CT molecular complexity index is 692. The summed E-state index contributed by atoms with van der Waals surface area (Å²) in [7, 11) is 0. The van der Waals surface area contributed by atoms with E-state index in [9.17, 15) is 14.9 Å². The highest BCUT2D eigenvalue weighted by molar-refractivity contribution is 6.30. The quantitative estimate of drug-likeness (QED) is 0.680. The van der Waals surface area contributed by atoms with Crippen LogP contribution in [0.2, 0.25) is 5.02 Å². The van der Waals surface area contributed by atoms with Crippen molar-refractivity contribution in [3.63, 3.8) is 0 Å². The van der Waals surface area contributed by atoms with E-state index in [4.69, 9.17) is 21.4 Å². The van der Waals surface area contributed by atoms with Gasteiger partial charge in [0.15, 0.2) is 0 Å². The van der Waals surface area contributed by atoms with Crippen molar-refractivity contribution in [2.24, 2.45) is 0 Å². The molecule has 0 aliphatic carbocycles. The molecule has 0 spiro atoms. The molecular weight excluding hydrogens is 290 g/mol. The normalized spacial score (nSPS) is 10.1. The second kappa shape index (κ2) is 5.49. The number of rotatable bonds is 4. The van der Waals surface area contributed by atoms with Crippen LogP contribution in [0.15, 0.2) is 30.7 Å². The molecule has 0 aromatic carbocycles. The van der Waals surface area contributed by atoms with Gasteiger partial charge < -0.3 is 9.84 Å². The van der Waals surface area contributed by atoms with E-state index in [1.807, 2.05) is 0 Å². The van der Waals surface area contributed by atoms with Crippen molar-refractivity contribution < 1.29 is 19.6 Å². The van der Waals surface area contributed by atoms with Gasteiger partial charge in [-0.1, -0.05) is 11.6 Å². The van der Waals surface area contributed by atoms with Crippen molar-refractivity contribution in [2.45, 2.75) is 0 Å². The van der Waals surface area contributed by atoms with Crippen LogP contribution in [0.5, 0.6) is 11.6 Å². The number of hydrogen-bond donors (Lipinski definition) is 1. The number of hydrogen-bond acceptors (Lipinski definition) is 6. The highest BCUT2D eigenvalue weighted by Gasteiger charge is 2.19. The summed E-state index contributed by atoms with van der Waals surface area (Å²) in [5.74, 6) is -1.51. The molecule has 20 heavy (non-hydrogen) atoms. The average Bonchev–Trinajstić information content (AvgIpc) is 2.38. The first kappa shape index (κ1) is 13.7. The fraction of sp³-hybridized carbons (Fsp3) is 0. The lowest BCUT2D eigenvalue weighted by Crippen LogP contribution is -2.03. The van der Waals surface area contributed by atoms with Gasteiger partial charge in [-0.25, -0.2) is 9.78 Å². The highest BCUT2D eigenvalue weighted by Crippen LogP contribution is 2.26. The second-order valence-electron chi connectivity index (χ2n) is 3.55. The van der Waals surface area contributed by atoms with E-state index in [1.165, 1.54) is 18.5 Å². The van der Waals surface area contributed by atoms with Crippen LogP contribution in [0.4, 0.5) is 5.69 Å². The molecule has 0 aliphatic heterocycles. The third kappa shape index (κ3) is 2.98. The Hall–Kier alpha value is -2.74. The van der Waals surface area contributed by atoms with Crippen LogP contribution < -0.4 is 4.74 Å². The number of ether oxygens (including phenoxy) is 1. The number of carbonyl (C=O) groups is 1. The summed E-state index contributed by atoms with van der Waals surface area (Å²) in [5.41, 5.74) is -0.877. The molecular formula is C11H6ClN3O5. The van der Waals surface area contributed by atoms with Gasteiger partial charge >= 0.3 is 5.97 Å². The Kier molecular flexibility index (Phi) is 3.76. The van der Waals surface area contributed by atoms with E-state index in [-0.39, 0.29) is 11.6 Å². The molecule has 2 heterocycles. The minimum atomic E-state index is -1.40. The van der Waals surface area contributed by atoms with Crippen molar-refractivity contribution in [1.29, 1.82) is 0 Å². The Labute approximate surface area is 116 Å². The van der Waals surface area contributed by atoms with Gasteiger partial charge in [0.25, 0.3) is 5.69 Å². The molecule has 0 saturated carbocycles. The van der Waals surface area contributed by atoms with Gasteiger partial charge in [0.2, 0.25) is 5.88 Å². The van der Waals surface area contributed by atoms with Crippen LogP contribution in [-0.4, -0.2) is 26.0 Å². The Balaban J connectivity index is 2.41. The van der Waals surface area contributed by atoms with Crippen molar-refractivity contribution >= 4 is 23.3 Å². The number of nitro groups is 1. The van der Waals surface area contributed by atoms with Gasteiger partial charge in [0, 0.05) is 18.3 Å². The number of aromatic nitrogens is 2. The lowest BCUT2D eigenvalue weighted by Gasteiger charge is -2.07. The molecule has 0 saturated heterocycles. The van der Waals surface area contributed by atoms with Gasteiger partial charge in [-0.3, -0.25) is 15.1 Å². The zero-order chi connectivity index (χ0) is 14.7. The molecule has 0 atom stereocenters. The molecule has 0 fully saturated rings. The zero-order valence-electron chi connectivity index (χ0n) is 9.69. The molecule has 8 nitrogen and oxygen atoms in total.